The molecule has 2 aliphatic heterocycles. The van der Waals surface area contributed by atoms with Crippen LogP contribution in [-0.2, 0) is 28.6 Å². The number of hydrogen-bond donors (Lipinski definition) is 2. The quantitative estimate of drug-likeness (QED) is 0.458. The lowest BCUT2D eigenvalue weighted by Gasteiger charge is -2.66. The third kappa shape index (κ3) is 2.90. The van der Waals surface area contributed by atoms with Crippen molar-refractivity contribution < 1.29 is 43.2 Å². The minimum atomic E-state index is -1.31. The molecule has 5 rings (SSSR count). The molecular formula is C27H36O9. The van der Waals surface area contributed by atoms with Gasteiger partial charge in [0.15, 0.2) is 6.10 Å². The third-order valence-electron chi connectivity index (χ3n) is 10.4. The standard InChI is InChI=1S/C27H36O9/c1-23(2,32)16-11-18(29)26(5)15(25(16,4)17(28)12-19(30)33-6)7-9-24(3)20(14-8-10-34-13-14)35-22(31)21-27(24,26)36-21/h8,10,13,15-17,20-21,28,32H,7,9,11-12H2,1-6H3/t15-,16+,17?,20+,21-,24+,25-,26+,27-/m1/s1. The first kappa shape index (κ1) is 25.4. The van der Waals surface area contributed by atoms with E-state index >= 15 is 0 Å². The maximum Gasteiger partial charge on any atom is 0.339 e. The number of methoxy groups -OCH3 is 1. The summed E-state index contributed by atoms with van der Waals surface area (Å²) in [5, 5.41) is 22.7. The lowest BCUT2D eigenvalue weighted by atomic mass is 9.37. The smallest absolute Gasteiger partial charge is 0.339 e. The summed E-state index contributed by atoms with van der Waals surface area (Å²) in [5.74, 6) is -2.31. The van der Waals surface area contributed by atoms with Gasteiger partial charge >= 0.3 is 11.9 Å². The highest BCUT2D eigenvalue weighted by Crippen LogP contribution is 2.78. The Labute approximate surface area is 210 Å². The fourth-order valence-electron chi connectivity index (χ4n) is 8.59. The molecule has 36 heavy (non-hydrogen) atoms. The Morgan fingerprint density at radius 2 is 1.94 bits per heavy atom. The van der Waals surface area contributed by atoms with Gasteiger partial charge in [-0.1, -0.05) is 13.8 Å². The first-order valence-electron chi connectivity index (χ1n) is 12.6. The lowest BCUT2D eigenvalue weighted by molar-refractivity contribution is -0.236. The molecule has 2 saturated heterocycles. The molecule has 9 heteroatoms. The fraction of sp³-hybridized carbons (Fsp3) is 0.741. The summed E-state index contributed by atoms with van der Waals surface area (Å²) in [5.41, 5.74) is -4.70. The first-order chi connectivity index (χ1) is 16.7. The van der Waals surface area contributed by atoms with Crippen LogP contribution in [0.15, 0.2) is 23.0 Å². The number of epoxide rings is 1. The van der Waals surface area contributed by atoms with E-state index in [9.17, 15) is 24.6 Å². The lowest BCUT2D eigenvalue weighted by Crippen LogP contribution is -2.73. The topological polar surface area (TPSA) is 136 Å². The van der Waals surface area contributed by atoms with Crippen LogP contribution in [0.4, 0.5) is 0 Å². The number of cyclic esters (lactones) is 1. The normalized spacial score (nSPS) is 44.6. The van der Waals surface area contributed by atoms with Crippen molar-refractivity contribution in [2.75, 3.05) is 7.11 Å². The molecule has 2 aliphatic carbocycles. The van der Waals surface area contributed by atoms with Gasteiger partial charge < -0.3 is 28.8 Å². The van der Waals surface area contributed by atoms with Gasteiger partial charge in [0.25, 0.3) is 0 Å². The van der Waals surface area contributed by atoms with Gasteiger partial charge in [-0.3, -0.25) is 9.59 Å². The van der Waals surface area contributed by atoms with Crippen LogP contribution in [0.5, 0.6) is 0 Å². The molecule has 9 atom stereocenters. The number of furan rings is 1. The number of esters is 2. The van der Waals surface area contributed by atoms with Gasteiger partial charge in [0.1, 0.15) is 17.5 Å². The second-order valence-corrected chi connectivity index (χ2v) is 12.3. The molecule has 0 aromatic carbocycles. The molecule has 4 aliphatic rings. The molecule has 1 spiro atoms. The maximum atomic E-state index is 14.2. The van der Waals surface area contributed by atoms with Crippen molar-refractivity contribution in [1.82, 2.24) is 0 Å². The average molecular weight is 505 g/mol. The van der Waals surface area contributed by atoms with E-state index < -0.39 is 69.5 Å². The minimum absolute atomic E-state index is 0.0232. The predicted molar refractivity (Wildman–Crippen MR) is 124 cm³/mol. The zero-order valence-corrected chi connectivity index (χ0v) is 21.7. The summed E-state index contributed by atoms with van der Waals surface area (Å²) >= 11 is 0. The van der Waals surface area contributed by atoms with Crippen molar-refractivity contribution in [2.24, 2.45) is 28.1 Å². The monoisotopic (exact) mass is 504 g/mol. The van der Waals surface area contributed by atoms with Crippen molar-refractivity contribution in [3.05, 3.63) is 24.2 Å². The summed E-state index contributed by atoms with van der Waals surface area (Å²) in [6.07, 6.45) is 1.08. The molecule has 3 heterocycles. The Morgan fingerprint density at radius 3 is 2.53 bits per heavy atom. The van der Waals surface area contributed by atoms with E-state index in [2.05, 4.69) is 0 Å². The van der Waals surface area contributed by atoms with E-state index in [0.717, 1.165) is 0 Å². The van der Waals surface area contributed by atoms with E-state index in [4.69, 9.17) is 18.6 Å². The number of Topliss-reactive ketones (excluding diaryl/α,β-unsaturated/α-hetero) is 1. The Kier molecular flexibility index (Phi) is 5.40. The van der Waals surface area contributed by atoms with Gasteiger partial charge in [0.2, 0.25) is 0 Å². The Morgan fingerprint density at radius 1 is 1.25 bits per heavy atom. The second kappa shape index (κ2) is 7.65. The van der Waals surface area contributed by atoms with Crippen LogP contribution < -0.4 is 0 Å². The van der Waals surface area contributed by atoms with E-state index in [1.165, 1.54) is 13.4 Å². The molecule has 2 N–H and O–H groups in total. The first-order valence-corrected chi connectivity index (χ1v) is 12.6. The zero-order valence-electron chi connectivity index (χ0n) is 21.7. The van der Waals surface area contributed by atoms with Crippen LogP contribution in [0, 0.1) is 28.1 Å². The summed E-state index contributed by atoms with van der Waals surface area (Å²) in [6.45, 7) is 8.95. The second-order valence-electron chi connectivity index (χ2n) is 12.3. The average Bonchev–Trinajstić information content (AvgIpc) is 3.37. The van der Waals surface area contributed by atoms with E-state index in [1.807, 2.05) is 20.8 Å². The van der Waals surface area contributed by atoms with Crippen LogP contribution in [0.3, 0.4) is 0 Å². The molecule has 1 unspecified atom stereocenters. The van der Waals surface area contributed by atoms with Gasteiger partial charge in [-0.05, 0) is 45.6 Å². The van der Waals surface area contributed by atoms with Gasteiger partial charge in [0, 0.05) is 28.7 Å². The molecule has 0 bridgehead atoms. The number of aliphatic hydroxyl groups is 2. The molecule has 0 radical (unpaired) electrons. The number of rotatable bonds is 5. The molecule has 2 saturated carbocycles. The Bertz CT molecular complexity index is 1090. The van der Waals surface area contributed by atoms with Gasteiger partial charge in [0.05, 0.1) is 43.2 Å². The molecule has 198 valence electrons. The fourth-order valence-corrected chi connectivity index (χ4v) is 8.59. The number of fused-ring (bicyclic) bond motifs is 1. The predicted octanol–water partition coefficient (Wildman–Crippen LogP) is 2.73. The van der Waals surface area contributed by atoms with Crippen LogP contribution in [0.1, 0.15) is 72.0 Å². The van der Waals surface area contributed by atoms with Crippen LogP contribution in [0.2, 0.25) is 0 Å². The molecule has 9 nitrogen and oxygen atoms in total. The van der Waals surface area contributed by atoms with Crippen molar-refractivity contribution in [3.8, 4) is 0 Å². The van der Waals surface area contributed by atoms with Crippen molar-refractivity contribution in [2.45, 2.75) is 89.8 Å². The Balaban J connectivity index is 1.67. The SMILES string of the molecule is COC(=O)CC(O)[C@]1(C)[C@H]2CC[C@@]3(C)[C@H](c4ccoc4)OC(=O)[C@H]4O[C@]43[C@]2(C)C(=O)C[C@H]1C(C)(C)O. The molecule has 0 amide bonds. The number of aliphatic hydroxyl groups excluding tert-OH is 1. The van der Waals surface area contributed by atoms with Gasteiger partial charge in [-0.2, -0.15) is 0 Å². The largest absolute Gasteiger partial charge is 0.472 e. The molecule has 1 aromatic rings. The molecule has 4 fully saturated rings. The van der Waals surface area contributed by atoms with Crippen LogP contribution >= 0.6 is 0 Å². The number of ether oxygens (including phenoxy) is 3. The Hall–Kier alpha value is -2.23. The highest BCUT2D eigenvalue weighted by atomic mass is 16.7. The molecular weight excluding hydrogens is 468 g/mol. The van der Waals surface area contributed by atoms with Gasteiger partial charge in [-0.25, -0.2) is 4.79 Å². The van der Waals surface area contributed by atoms with Crippen LogP contribution in [0.25, 0.3) is 0 Å². The summed E-state index contributed by atoms with van der Waals surface area (Å²) in [6, 6.07) is 1.76. The summed E-state index contributed by atoms with van der Waals surface area (Å²) < 4.78 is 22.3. The highest BCUT2D eigenvalue weighted by molar-refractivity contribution is 5.93. The van der Waals surface area contributed by atoms with E-state index in [0.29, 0.717) is 18.4 Å². The van der Waals surface area contributed by atoms with E-state index in [-0.39, 0.29) is 18.6 Å². The minimum Gasteiger partial charge on any atom is -0.472 e. The number of ketones is 1. The third-order valence-corrected chi connectivity index (χ3v) is 10.4. The summed E-state index contributed by atoms with van der Waals surface area (Å²) in [7, 11) is 1.26. The number of carbonyl (C=O) groups excluding carboxylic acids is 3. The number of hydrogen-bond acceptors (Lipinski definition) is 9. The van der Waals surface area contributed by atoms with Gasteiger partial charge in [-0.15, -0.1) is 0 Å². The van der Waals surface area contributed by atoms with Crippen LogP contribution in [-0.4, -0.2) is 58.5 Å². The van der Waals surface area contributed by atoms with E-state index in [1.54, 1.807) is 26.2 Å². The summed E-state index contributed by atoms with van der Waals surface area (Å²) in [4.78, 5) is 39.5. The zero-order chi connectivity index (χ0) is 26.5. The van der Waals surface area contributed by atoms with Crippen molar-refractivity contribution >= 4 is 17.7 Å². The maximum absolute atomic E-state index is 14.2. The highest BCUT2D eigenvalue weighted by Gasteiger charge is 2.88. The van der Waals surface area contributed by atoms with Crippen molar-refractivity contribution in [1.29, 1.82) is 0 Å². The molecule has 1 aromatic heterocycles. The number of carbonyl (C=O) groups is 3. The van der Waals surface area contributed by atoms with Crippen molar-refractivity contribution in [3.63, 3.8) is 0 Å².